The second kappa shape index (κ2) is 5.75. The van der Waals surface area contributed by atoms with Crippen LogP contribution in [0.1, 0.15) is 35.8 Å². The first kappa shape index (κ1) is 12.0. The third kappa shape index (κ3) is 3.03. The molecule has 0 fully saturated rings. The van der Waals surface area contributed by atoms with Crippen LogP contribution in [0.5, 0.6) is 0 Å². The second-order valence-corrected chi connectivity index (χ2v) is 5.40. The SMILES string of the molecule is CCOC(C)CNCc1nc2c(s1)CCC2. The largest absolute Gasteiger partial charge is 0.377 e. The van der Waals surface area contributed by atoms with E-state index in [-0.39, 0.29) is 6.10 Å². The van der Waals surface area contributed by atoms with Gasteiger partial charge in [-0.15, -0.1) is 11.3 Å². The molecule has 1 unspecified atom stereocenters. The van der Waals surface area contributed by atoms with Crippen LogP contribution in [0.4, 0.5) is 0 Å². The first-order chi connectivity index (χ1) is 7.79. The number of fused-ring (bicyclic) bond motifs is 1. The van der Waals surface area contributed by atoms with Crippen molar-refractivity contribution in [3.05, 3.63) is 15.6 Å². The molecule has 1 aromatic heterocycles. The highest BCUT2D eigenvalue weighted by Crippen LogP contribution is 2.27. The molecule has 0 saturated carbocycles. The molecule has 0 bridgehead atoms. The molecule has 2 rings (SSSR count). The van der Waals surface area contributed by atoms with Crippen molar-refractivity contribution in [3.63, 3.8) is 0 Å². The van der Waals surface area contributed by atoms with Gasteiger partial charge in [-0.1, -0.05) is 0 Å². The predicted molar refractivity (Wildman–Crippen MR) is 66.9 cm³/mol. The Bertz CT molecular complexity index is 316. The van der Waals surface area contributed by atoms with E-state index < -0.39 is 0 Å². The van der Waals surface area contributed by atoms with Gasteiger partial charge in [0.2, 0.25) is 0 Å². The van der Waals surface area contributed by atoms with E-state index in [2.05, 4.69) is 17.2 Å². The molecule has 0 radical (unpaired) electrons. The first-order valence-corrected chi connectivity index (χ1v) is 6.91. The van der Waals surface area contributed by atoms with Crippen molar-refractivity contribution in [3.8, 4) is 0 Å². The number of hydrogen-bond acceptors (Lipinski definition) is 4. The molecule has 90 valence electrons. The Morgan fingerprint density at radius 2 is 2.38 bits per heavy atom. The minimum absolute atomic E-state index is 0.289. The lowest BCUT2D eigenvalue weighted by atomic mass is 10.4. The highest BCUT2D eigenvalue weighted by Gasteiger charge is 2.16. The van der Waals surface area contributed by atoms with Gasteiger partial charge in [-0.2, -0.15) is 0 Å². The zero-order valence-electron chi connectivity index (χ0n) is 10.1. The van der Waals surface area contributed by atoms with Crippen LogP contribution in [0.25, 0.3) is 0 Å². The molecular weight excluding hydrogens is 220 g/mol. The minimum Gasteiger partial charge on any atom is -0.377 e. The van der Waals surface area contributed by atoms with E-state index in [1.54, 1.807) is 0 Å². The Hall–Kier alpha value is -0.450. The molecule has 1 aliphatic rings. The average molecular weight is 240 g/mol. The van der Waals surface area contributed by atoms with Gasteiger partial charge in [-0.05, 0) is 33.1 Å². The fourth-order valence-corrected chi connectivity index (χ4v) is 3.17. The molecule has 4 heteroatoms. The first-order valence-electron chi connectivity index (χ1n) is 6.09. The minimum atomic E-state index is 0.289. The van der Waals surface area contributed by atoms with Crippen LogP contribution in [0.2, 0.25) is 0 Å². The Labute approximate surface area is 101 Å². The standard InChI is InChI=1S/C12H20N2OS/c1-3-15-9(2)7-13-8-12-14-10-5-4-6-11(10)16-12/h9,13H,3-8H2,1-2H3. The number of thiazole rings is 1. The average Bonchev–Trinajstić information content (AvgIpc) is 2.78. The number of nitrogens with one attached hydrogen (secondary N) is 1. The smallest absolute Gasteiger partial charge is 0.107 e. The molecule has 0 saturated heterocycles. The van der Waals surface area contributed by atoms with Crippen molar-refractivity contribution in [2.45, 2.75) is 45.8 Å². The van der Waals surface area contributed by atoms with E-state index in [1.165, 1.54) is 34.8 Å². The lowest BCUT2D eigenvalue weighted by Crippen LogP contribution is -2.26. The Morgan fingerprint density at radius 1 is 1.50 bits per heavy atom. The summed E-state index contributed by atoms with van der Waals surface area (Å²) in [6.45, 7) is 6.70. The number of ether oxygens (including phenoxy) is 1. The molecule has 1 N–H and O–H groups in total. The number of aryl methyl sites for hydroxylation is 2. The van der Waals surface area contributed by atoms with Crippen LogP contribution in [0, 0.1) is 0 Å². The van der Waals surface area contributed by atoms with Crippen LogP contribution in [0.3, 0.4) is 0 Å². The normalized spacial score (nSPS) is 16.4. The lowest BCUT2D eigenvalue weighted by molar-refractivity contribution is 0.0759. The van der Waals surface area contributed by atoms with E-state index >= 15 is 0 Å². The lowest BCUT2D eigenvalue weighted by Gasteiger charge is -2.11. The summed E-state index contributed by atoms with van der Waals surface area (Å²) in [5.41, 5.74) is 1.35. The summed E-state index contributed by atoms with van der Waals surface area (Å²) in [6.07, 6.45) is 4.00. The van der Waals surface area contributed by atoms with Crippen LogP contribution in [-0.4, -0.2) is 24.2 Å². The van der Waals surface area contributed by atoms with Crippen LogP contribution in [-0.2, 0) is 24.1 Å². The number of nitrogens with zero attached hydrogens (tertiary/aromatic N) is 1. The van der Waals surface area contributed by atoms with Gasteiger partial charge >= 0.3 is 0 Å². The molecule has 1 heterocycles. The van der Waals surface area contributed by atoms with E-state index in [0.29, 0.717) is 0 Å². The summed E-state index contributed by atoms with van der Waals surface area (Å²) in [4.78, 5) is 6.16. The molecule has 1 aromatic rings. The summed E-state index contributed by atoms with van der Waals surface area (Å²) >= 11 is 1.87. The Balaban J connectivity index is 1.73. The maximum atomic E-state index is 5.46. The van der Waals surface area contributed by atoms with Gasteiger partial charge in [-0.25, -0.2) is 4.98 Å². The molecule has 3 nitrogen and oxygen atoms in total. The van der Waals surface area contributed by atoms with Crippen molar-refractivity contribution < 1.29 is 4.74 Å². The van der Waals surface area contributed by atoms with Crippen molar-refractivity contribution in [2.75, 3.05) is 13.2 Å². The third-order valence-electron chi connectivity index (χ3n) is 2.80. The predicted octanol–water partition coefficient (Wildman–Crippen LogP) is 2.15. The van der Waals surface area contributed by atoms with E-state index in [4.69, 9.17) is 4.74 Å². The highest BCUT2D eigenvalue weighted by atomic mass is 32.1. The zero-order valence-corrected chi connectivity index (χ0v) is 10.9. The van der Waals surface area contributed by atoms with Gasteiger partial charge in [-0.3, -0.25) is 0 Å². The molecule has 16 heavy (non-hydrogen) atoms. The van der Waals surface area contributed by atoms with Crippen LogP contribution < -0.4 is 5.32 Å². The fraction of sp³-hybridized carbons (Fsp3) is 0.750. The summed E-state index contributed by atoms with van der Waals surface area (Å²) in [5.74, 6) is 0. The van der Waals surface area contributed by atoms with E-state index in [1.807, 2.05) is 18.3 Å². The van der Waals surface area contributed by atoms with E-state index in [0.717, 1.165) is 19.7 Å². The fourth-order valence-electron chi connectivity index (χ4n) is 2.05. The van der Waals surface area contributed by atoms with Gasteiger partial charge < -0.3 is 10.1 Å². The third-order valence-corrected chi connectivity index (χ3v) is 3.96. The van der Waals surface area contributed by atoms with Crippen molar-refractivity contribution >= 4 is 11.3 Å². The van der Waals surface area contributed by atoms with E-state index in [9.17, 15) is 0 Å². The number of rotatable bonds is 6. The zero-order chi connectivity index (χ0) is 11.4. The van der Waals surface area contributed by atoms with Gasteiger partial charge in [0.1, 0.15) is 5.01 Å². The van der Waals surface area contributed by atoms with Crippen LogP contribution in [0.15, 0.2) is 0 Å². The molecular formula is C12H20N2OS. The Kier molecular flexibility index (Phi) is 4.32. The maximum Gasteiger partial charge on any atom is 0.107 e. The summed E-state index contributed by atoms with van der Waals surface area (Å²) in [5, 5.41) is 4.63. The van der Waals surface area contributed by atoms with Crippen molar-refractivity contribution in [1.29, 1.82) is 0 Å². The summed E-state index contributed by atoms with van der Waals surface area (Å²) in [6, 6.07) is 0. The Morgan fingerprint density at radius 3 is 3.12 bits per heavy atom. The molecule has 0 spiro atoms. The number of aromatic nitrogens is 1. The summed E-state index contributed by atoms with van der Waals surface area (Å²) in [7, 11) is 0. The van der Waals surface area contributed by atoms with Crippen molar-refractivity contribution in [1.82, 2.24) is 10.3 Å². The van der Waals surface area contributed by atoms with Crippen LogP contribution >= 0.6 is 11.3 Å². The van der Waals surface area contributed by atoms with Gasteiger partial charge in [0.15, 0.2) is 0 Å². The van der Waals surface area contributed by atoms with Gasteiger partial charge in [0.05, 0.1) is 11.8 Å². The van der Waals surface area contributed by atoms with Gasteiger partial charge in [0.25, 0.3) is 0 Å². The molecule has 0 amide bonds. The second-order valence-electron chi connectivity index (χ2n) is 4.23. The maximum absolute atomic E-state index is 5.46. The summed E-state index contributed by atoms with van der Waals surface area (Å²) < 4.78 is 5.46. The molecule has 1 aliphatic carbocycles. The van der Waals surface area contributed by atoms with Gasteiger partial charge in [0, 0.05) is 24.6 Å². The highest BCUT2D eigenvalue weighted by molar-refractivity contribution is 7.11. The van der Waals surface area contributed by atoms with Crippen molar-refractivity contribution in [2.24, 2.45) is 0 Å². The molecule has 1 atom stereocenters. The molecule has 0 aromatic carbocycles. The number of hydrogen-bond donors (Lipinski definition) is 1. The topological polar surface area (TPSA) is 34.1 Å². The molecule has 0 aliphatic heterocycles. The monoisotopic (exact) mass is 240 g/mol. The quantitative estimate of drug-likeness (QED) is 0.827.